The molecule has 0 bridgehead atoms. The van der Waals surface area contributed by atoms with E-state index in [1.54, 1.807) is 6.20 Å². The Hall–Kier alpha value is -1.78. The van der Waals surface area contributed by atoms with Crippen LogP contribution in [0.5, 0.6) is 0 Å². The van der Waals surface area contributed by atoms with Crippen LogP contribution in [0.2, 0.25) is 0 Å². The maximum Gasteiger partial charge on any atom is 0.307 e. The van der Waals surface area contributed by atoms with Crippen LogP contribution in [0.15, 0.2) is 6.20 Å². The molecule has 1 aliphatic heterocycles. The summed E-state index contributed by atoms with van der Waals surface area (Å²) in [6.07, 6.45) is 3.37. The first-order chi connectivity index (χ1) is 7.22. The van der Waals surface area contributed by atoms with Gasteiger partial charge in [0.1, 0.15) is 5.82 Å². The van der Waals surface area contributed by atoms with E-state index in [2.05, 4.69) is 5.32 Å². The standard InChI is InChI=1S/C10H12N2O3/c13-6-8-7(4-9(14)15)5-12-3-1-2-11-10(8)12/h5-6,11H,1-4H2,(H,14,15). The van der Waals surface area contributed by atoms with Crippen LogP contribution in [-0.4, -0.2) is 28.5 Å². The highest BCUT2D eigenvalue weighted by Gasteiger charge is 2.18. The summed E-state index contributed by atoms with van der Waals surface area (Å²) in [5.74, 6) is -0.159. The third-order valence-corrected chi connectivity index (χ3v) is 2.53. The van der Waals surface area contributed by atoms with E-state index in [1.165, 1.54) is 0 Å². The molecule has 0 amide bonds. The van der Waals surface area contributed by atoms with Crippen molar-refractivity contribution in [2.75, 3.05) is 11.9 Å². The fourth-order valence-corrected chi connectivity index (χ4v) is 1.89. The van der Waals surface area contributed by atoms with Gasteiger partial charge >= 0.3 is 5.97 Å². The predicted molar refractivity (Wildman–Crippen MR) is 54.3 cm³/mol. The summed E-state index contributed by atoms with van der Waals surface area (Å²) in [6.45, 7) is 1.67. The van der Waals surface area contributed by atoms with Crippen LogP contribution in [0.25, 0.3) is 0 Å². The number of hydrogen-bond donors (Lipinski definition) is 2. The van der Waals surface area contributed by atoms with Crippen LogP contribution in [0.4, 0.5) is 5.82 Å². The number of carboxylic acids is 1. The molecule has 15 heavy (non-hydrogen) atoms. The number of aromatic nitrogens is 1. The van der Waals surface area contributed by atoms with Crippen molar-refractivity contribution < 1.29 is 14.7 Å². The molecule has 1 aromatic rings. The van der Waals surface area contributed by atoms with Crippen LogP contribution < -0.4 is 5.32 Å². The van der Waals surface area contributed by atoms with E-state index < -0.39 is 5.97 Å². The van der Waals surface area contributed by atoms with Crippen LogP contribution in [0, 0.1) is 0 Å². The zero-order chi connectivity index (χ0) is 10.8. The van der Waals surface area contributed by atoms with Gasteiger partial charge in [-0.15, -0.1) is 0 Å². The molecular formula is C10H12N2O3. The Balaban J connectivity index is 2.41. The van der Waals surface area contributed by atoms with Gasteiger partial charge in [-0.1, -0.05) is 0 Å². The number of nitrogens with zero attached hydrogens (tertiary/aromatic N) is 1. The Morgan fingerprint density at radius 1 is 1.67 bits per heavy atom. The zero-order valence-corrected chi connectivity index (χ0v) is 8.19. The molecule has 0 aliphatic carbocycles. The molecule has 2 rings (SSSR count). The number of aliphatic carboxylic acids is 1. The van der Waals surface area contributed by atoms with Gasteiger partial charge in [-0.05, 0) is 12.0 Å². The lowest BCUT2D eigenvalue weighted by Gasteiger charge is -2.17. The molecule has 5 nitrogen and oxygen atoms in total. The minimum absolute atomic E-state index is 0.101. The fraction of sp³-hybridized carbons (Fsp3) is 0.400. The third-order valence-electron chi connectivity index (χ3n) is 2.53. The summed E-state index contributed by atoms with van der Waals surface area (Å²) in [7, 11) is 0. The van der Waals surface area contributed by atoms with Gasteiger partial charge in [0.05, 0.1) is 12.0 Å². The van der Waals surface area contributed by atoms with E-state index in [1.807, 2.05) is 4.57 Å². The van der Waals surface area contributed by atoms with Crippen LogP contribution >= 0.6 is 0 Å². The Labute approximate surface area is 86.7 Å². The molecule has 0 spiro atoms. The Kier molecular flexibility index (Phi) is 2.45. The summed E-state index contributed by atoms with van der Waals surface area (Å²) in [6, 6.07) is 0. The van der Waals surface area contributed by atoms with Gasteiger partial charge < -0.3 is 15.0 Å². The second kappa shape index (κ2) is 3.76. The third kappa shape index (κ3) is 1.72. The van der Waals surface area contributed by atoms with Crippen LogP contribution in [0.1, 0.15) is 22.3 Å². The number of nitrogens with one attached hydrogen (secondary N) is 1. The van der Waals surface area contributed by atoms with Gasteiger partial charge in [-0.2, -0.15) is 0 Å². The highest BCUT2D eigenvalue weighted by molar-refractivity contribution is 5.88. The van der Waals surface area contributed by atoms with Crippen molar-refractivity contribution in [2.24, 2.45) is 0 Å². The molecule has 1 aromatic heterocycles. The quantitative estimate of drug-likeness (QED) is 0.719. The number of hydrogen-bond acceptors (Lipinski definition) is 3. The van der Waals surface area contributed by atoms with Crippen LogP contribution in [0.3, 0.4) is 0 Å². The monoisotopic (exact) mass is 208 g/mol. The van der Waals surface area contributed by atoms with Crippen molar-refractivity contribution in [2.45, 2.75) is 19.4 Å². The summed E-state index contributed by atoms with van der Waals surface area (Å²) in [4.78, 5) is 21.5. The summed E-state index contributed by atoms with van der Waals surface area (Å²) in [5.41, 5.74) is 1.07. The smallest absolute Gasteiger partial charge is 0.307 e. The molecule has 0 atom stereocenters. The van der Waals surface area contributed by atoms with E-state index >= 15 is 0 Å². The Morgan fingerprint density at radius 3 is 3.13 bits per heavy atom. The summed E-state index contributed by atoms with van der Waals surface area (Å²) >= 11 is 0. The summed E-state index contributed by atoms with van der Waals surface area (Å²) < 4.78 is 1.91. The van der Waals surface area contributed by atoms with E-state index in [0.29, 0.717) is 11.1 Å². The molecular weight excluding hydrogens is 196 g/mol. The van der Waals surface area contributed by atoms with E-state index in [4.69, 9.17) is 5.11 Å². The second-order valence-corrected chi connectivity index (χ2v) is 3.58. The van der Waals surface area contributed by atoms with E-state index in [9.17, 15) is 9.59 Å². The number of carboxylic acid groups (broad SMARTS) is 1. The molecule has 0 saturated heterocycles. The van der Waals surface area contributed by atoms with E-state index in [-0.39, 0.29) is 6.42 Å². The maximum atomic E-state index is 10.9. The topological polar surface area (TPSA) is 71.3 Å². The normalized spacial score (nSPS) is 14.1. The number of anilines is 1. The average Bonchev–Trinajstić information content (AvgIpc) is 2.53. The molecule has 0 aromatic carbocycles. The van der Waals surface area contributed by atoms with Gasteiger partial charge in [0.15, 0.2) is 6.29 Å². The van der Waals surface area contributed by atoms with Crippen molar-refractivity contribution in [3.63, 3.8) is 0 Å². The molecule has 2 N–H and O–H groups in total. The summed E-state index contributed by atoms with van der Waals surface area (Å²) in [5, 5.41) is 11.8. The van der Waals surface area contributed by atoms with Crippen molar-refractivity contribution in [3.8, 4) is 0 Å². The first-order valence-electron chi connectivity index (χ1n) is 4.85. The lowest BCUT2D eigenvalue weighted by Crippen LogP contribution is -2.16. The SMILES string of the molecule is O=Cc1c(CC(=O)O)cn2c1NCCC2. The van der Waals surface area contributed by atoms with Gasteiger partial charge in [-0.25, -0.2) is 0 Å². The molecule has 0 saturated carbocycles. The van der Waals surface area contributed by atoms with Crippen molar-refractivity contribution in [3.05, 3.63) is 17.3 Å². The Bertz CT molecular complexity index is 409. The molecule has 0 fully saturated rings. The van der Waals surface area contributed by atoms with Crippen LogP contribution in [-0.2, 0) is 17.8 Å². The number of aldehydes is 1. The number of aryl methyl sites for hydroxylation is 1. The zero-order valence-electron chi connectivity index (χ0n) is 8.19. The Morgan fingerprint density at radius 2 is 2.47 bits per heavy atom. The van der Waals surface area contributed by atoms with Gasteiger partial charge in [0, 0.05) is 19.3 Å². The van der Waals surface area contributed by atoms with Crippen molar-refractivity contribution in [1.82, 2.24) is 4.57 Å². The molecule has 0 unspecified atom stereocenters. The van der Waals surface area contributed by atoms with E-state index in [0.717, 1.165) is 31.6 Å². The second-order valence-electron chi connectivity index (χ2n) is 3.58. The molecule has 0 radical (unpaired) electrons. The largest absolute Gasteiger partial charge is 0.481 e. The number of carbonyl (C=O) groups is 2. The molecule has 1 aliphatic rings. The lowest BCUT2D eigenvalue weighted by molar-refractivity contribution is -0.136. The molecule has 5 heteroatoms. The molecule has 2 heterocycles. The minimum Gasteiger partial charge on any atom is -0.481 e. The highest BCUT2D eigenvalue weighted by Crippen LogP contribution is 2.24. The number of rotatable bonds is 3. The van der Waals surface area contributed by atoms with Crippen molar-refractivity contribution in [1.29, 1.82) is 0 Å². The first kappa shape index (κ1) is 9.76. The van der Waals surface area contributed by atoms with Gasteiger partial charge in [0.2, 0.25) is 0 Å². The minimum atomic E-state index is -0.916. The van der Waals surface area contributed by atoms with Gasteiger partial charge in [0.25, 0.3) is 0 Å². The fourth-order valence-electron chi connectivity index (χ4n) is 1.89. The lowest BCUT2D eigenvalue weighted by atomic mass is 10.1. The first-order valence-corrected chi connectivity index (χ1v) is 4.85. The molecule has 80 valence electrons. The number of fused-ring (bicyclic) bond motifs is 1. The average molecular weight is 208 g/mol. The maximum absolute atomic E-state index is 10.9. The van der Waals surface area contributed by atoms with Gasteiger partial charge in [-0.3, -0.25) is 9.59 Å². The highest BCUT2D eigenvalue weighted by atomic mass is 16.4. The van der Waals surface area contributed by atoms with Crippen molar-refractivity contribution >= 4 is 18.1 Å². The predicted octanol–water partition coefficient (Wildman–Crippen LogP) is 0.743. The number of carbonyl (C=O) groups excluding carboxylic acids is 1.